The quantitative estimate of drug-likeness (QED) is 0.353. The summed E-state index contributed by atoms with van der Waals surface area (Å²) in [5.74, 6) is 0.344. The van der Waals surface area contributed by atoms with Crippen LogP contribution in [0, 0.1) is 11.8 Å². The first-order valence-electron chi connectivity index (χ1n) is 11.0. The number of hydrogen-bond donors (Lipinski definition) is 0. The van der Waals surface area contributed by atoms with Gasteiger partial charge < -0.3 is 0 Å². The zero-order valence-electron chi connectivity index (χ0n) is 16.8. The largest absolute Gasteiger partial charge is 0.293 e. The van der Waals surface area contributed by atoms with E-state index in [0.717, 1.165) is 50.2 Å². The lowest BCUT2D eigenvalue weighted by molar-refractivity contribution is 0.0651. The van der Waals surface area contributed by atoms with E-state index in [0.29, 0.717) is 0 Å². The summed E-state index contributed by atoms with van der Waals surface area (Å²) < 4.78 is 0. The molecule has 1 unspecified atom stereocenters. The van der Waals surface area contributed by atoms with Crippen LogP contribution >= 0.6 is 0 Å². The van der Waals surface area contributed by atoms with E-state index < -0.39 is 10.8 Å². The van der Waals surface area contributed by atoms with Gasteiger partial charge in [-0.3, -0.25) is 9.59 Å². The smallest absolute Gasteiger partial charge is 0.176 e. The first-order chi connectivity index (χ1) is 15.2. The standard InChI is InChI=1S/C29H18O2/c30-26-20-9-1-5-16-7-3-11-22(24(16)20)28(26)18-13-14-19(15-18)29(28)23-12-4-8-17-6-2-10-21(25(17)23)27(29)31/h1-14,18-19H,15H2/t18-,19?,28+,29+/m0/s1. The van der Waals surface area contributed by atoms with Gasteiger partial charge in [-0.15, -0.1) is 0 Å². The van der Waals surface area contributed by atoms with Crippen molar-refractivity contribution >= 4 is 33.1 Å². The van der Waals surface area contributed by atoms with Crippen LogP contribution in [0.2, 0.25) is 0 Å². The van der Waals surface area contributed by atoms with Crippen LogP contribution in [0.1, 0.15) is 38.3 Å². The van der Waals surface area contributed by atoms with E-state index in [1.54, 1.807) is 0 Å². The number of carbonyl (C=O) groups is 2. The molecule has 1 saturated carbocycles. The summed E-state index contributed by atoms with van der Waals surface area (Å²) in [7, 11) is 0. The molecule has 1 fully saturated rings. The van der Waals surface area contributed by atoms with Gasteiger partial charge >= 0.3 is 0 Å². The van der Waals surface area contributed by atoms with Gasteiger partial charge in [0.05, 0.1) is 10.8 Å². The molecule has 31 heavy (non-hydrogen) atoms. The average Bonchev–Trinajstić information content (AvgIpc) is 3.52. The molecular weight excluding hydrogens is 380 g/mol. The van der Waals surface area contributed by atoms with Crippen molar-refractivity contribution < 1.29 is 9.59 Å². The minimum absolute atomic E-state index is 0.0384. The second-order valence-electron chi connectivity index (χ2n) is 9.53. The maximum Gasteiger partial charge on any atom is 0.176 e. The fourth-order valence-corrected chi connectivity index (χ4v) is 7.83. The Labute approximate surface area is 179 Å². The molecule has 0 radical (unpaired) electrons. The van der Waals surface area contributed by atoms with Crippen molar-refractivity contribution in [3.63, 3.8) is 0 Å². The van der Waals surface area contributed by atoms with Crippen LogP contribution in [0.3, 0.4) is 0 Å². The lowest BCUT2D eigenvalue weighted by Crippen LogP contribution is -2.58. The predicted octanol–water partition coefficient (Wildman–Crippen LogP) is 5.77. The van der Waals surface area contributed by atoms with E-state index in [1.807, 2.05) is 24.3 Å². The Morgan fingerprint density at radius 1 is 0.581 bits per heavy atom. The van der Waals surface area contributed by atoms with Gasteiger partial charge in [0.1, 0.15) is 0 Å². The van der Waals surface area contributed by atoms with Gasteiger partial charge in [0.15, 0.2) is 11.6 Å². The van der Waals surface area contributed by atoms with Crippen molar-refractivity contribution in [1.82, 2.24) is 0 Å². The van der Waals surface area contributed by atoms with E-state index in [2.05, 4.69) is 60.7 Å². The third-order valence-corrected chi connectivity index (χ3v) is 8.68. The molecule has 0 aliphatic heterocycles. The zero-order chi connectivity index (χ0) is 20.5. The van der Waals surface area contributed by atoms with E-state index in [1.165, 1.54) is 0 Å². The van der Waals surface area contributed by atoms with Crippen molar-refractivity contribution in [1.29, 1.82) is 0 Å². The molecule has 2 nitrogen and oxygen atoms in total. The first-order valence-corrected chi connectivity index (χ1v) is 11.0. The van der Waals surface area contributed by atoms with Crippen LogP contribution in [0.25, 0.3) is 21.5 Å². The van der Waals surface area contributed by atoms with Crippen LogP contribution in [0.5, 0.6) is 0 Å². The summed E-state index contributed by atoms with van der Waals surface area (Å²) in [5, 5.41) is 4.27. The topological polar surface area (TPSA) is 34.1 Å². The molecule has 2 bridgehead atoms. The van der Waals surface area contributed by atoms with Gasteiger partial charge in [-0.05, 0) is 50.9 Å². The second kappa shape index (κ2) is 4.86. The molecule has 4 aromatic rings. The molecule has 0 saturated heterocycles. The molecule has 4 aliphatic carbocycles. The average molecular weight is 398 g/mol. The third kappa shape index (κ3) is 1.40. The predicted molar refractivity (Wildman–Crippen MR) is 121 cm³/mol. The summed E-state index contributed by atoms with van der Waals surface area (Å²) >= 11 is 0. The number of benzene rings is 4. The van der Waals surface area contributed by atoms with Crippen LogP contribution in [-0.4, -0.2) is 11.6 Å². The molecule has 0 amide bonds. The molecular formula is C29H18O2. The molecule has 4 atom stereocenters. The van der Waals surface area contributed by atoms with Crippen LogP contribution in [0.15, 0.2) is 84.9 Å². The zero-order valence-corrected chi connectivity index (χ0v) is 16.8. The fourth-order valence-electron chi connectivity index (χ4n) is 7.83. The summed E-state index contributed by atoms with van der Waals surface area (Å²) in [6.45, 7) is 0. The van der Waals surface area contributed by atoms with Gasteiger partial charge in [-0.2, -0.15) is 0 Å². The molecule has 8 rings (SSSR count). The lowest BCUT2D eigenvalue weighted by atomic mass is 9.51. The first kappa shape index (κ1) is 16.2. The monoisotopic (exact) mass is 398 g/mol. The Balaban J connectivity index is 1.60. The highest BCUT2D eigenvalue weighted by Gasteiger charge is 2.76. The van der Waals surface area contributed by atoms with Gasteiger partial charge in [0.25, 0.3) is 0 Å². The normalized spacial score (nSPS) is 31.4. The number of allylic oxidation sites excluding steroid dienone is 2. The molecule has 0 aromatic heterocycles. The van der Waals surface area contributed by atoms with Gasteiger partial charge in [0, 0.05) is 11.1 Å². The molecule has 4 aliphatic rings. The Morgan fingerprint density at radius 2 is 1.00 bits per heavy atom. The van der Waals surface area contributed by atoms with Gasteiger partial charge in [-0.1, -0.05) is 84.9 Å². The highest BCUT2D eigenvalue weighted by molar-refractivity contribution is 6.30. The number of ketones is 2. The Hall–Kier alpha value is -3.52. The minimum atomic E-state index is -0.861. The summed E-state index contributed by atoms with van der Waals surface area (Å²) in [5.41, 5.74) is 1.95. The Morgan fingerprint density at radius 3 is 1.45 bits per heavy atom. The maximum absolute atomic E-state index is 14.5. The van der Waals surface area contributed by atoms with E-state index in [4.69, 9.17) is 0 Å². The number of hydrogen-bond acceptors (Lipinski definition) is 2. The minimum Gasteiger partial charge on any atom is -0.293 e. The molecule has 4 aromatic carbocycles. The Kier molecular flexibility index (Phi) is 2.54. The summed E-state index contributed by atoms with van der Waals surface area (Å²) in [6.07, 6.45) is 5.29. The second-order valence-corrected chi connectivity index (χ2v) is 9.53. The lowest BCUT2D eigenvalue weighted by Gasteiger charge is -2.46. The van der Waals surface area contributed by atoms with E-state index in [-0.39, 0.29) is 23.4 Å². The summed E-state index contributed by atoms with van der Waals surface area (Å²) in [6, 6.07) is 24.5. The van der Waals surface area contributed by atoms with Crippen LogP contribution in [-0.2, 0) is 10.8 Å². The van der Waals surface area contributed by atoms with Gasteiger partial charge in [-0.25, -0.2) is 0 Å². The summed E-state index contributed by atoms with van der Waals surface area (Å²) in [4.78, 5) is 29.0. The van der Waals surface area contributed by atoms with Gasteiger partial charge in [0.2, 0.25) is 0 Å². The highest BCUT2D eigenvalue weighted by atomic mass is 16.1. The molecule has 2 spiro atoms. The number of rotatable bonds is 0. The van der Waals surface area contributed by atoms with Crippen LogP contribution in [0.4, 0.5) is 0 Å². The molecule has 0 heterocycles. The number of Topliss-reactive ketones (excluding diaryl/α,β-unsaturated/α-hetero) is 2. The van der Waals surface area contributed by atoms with Crippen molar-refractivity contribution in [2.24, 2.45) is 11.8 Å². The SMILES string of the molecule is O=C1c2cccc3cccc(c23)[C@]12C1C=C[C@@H](C1)[C@@]21C(=O)c2cccc3cccc1c23. The fraction of sp³-hybridized carbons (Fsp3) is 0.172. The van der Waals surface area contributed by atoms with Crippen molar-refractivity contribution in [2.75, 3.05) is 0 Å². The van der Waals surface area contributed by atoms with Crippen molar-refractivity contribution in [3.8, 4) is 0 Å². The number of fused-ring (bicyclic) bond motifs is 7. The number of carbonyl (C=O) groups excluding carboxylic acids is 2. The third-order valence-electron chi connectivity index (χ3n) is 8.68. The molecule has 2 heteroatoms. The van der Waals surface area contributed by atoms with Crippen molar-refractivity contribution in [2.45, 2.75) is 17.3 Å². The highest BCUT2D eigenvalue weighted by Crippen LogP contribution is 2.72. The van der Waals surface area contributed by atoms with E-state index in [9.17, 15) is 9.59 Å². The van der Waals surface area contributed by atoms with E-state index >= 15 is 0 Å². The van der Waals surface area contributed by atoms with Crippen molar-refractivity contribution in [3.05, 3.63) is 107 Å². The molecule has 146 valence electrons. The molecule has 0 N–H and O–H groups in total. The van der Waals surface area contributed by atoms with Crippen LogP contribution < -0.4 is 0 Å². The Bertz CT molecular complexity index is 1450. The maximum atomic E-state index is 14.5.